The predicted molar refractivity (Wildman–Crippen MR) is 72.2 cm³/mol. The van der Waals surface area contributed by atoms with Gasteiger partial charge in [0.1, 0.15) is 11.7 Å². The van der Waals surface area contributed by atoms with Crippen LogP contribution in [-0.4, -0.2) is 43.6 Å². The second-order valence-electron chi connectivity index (χ2n) is 4.81. The molecule has 0 unspecified atom stereocenters. The van der Waals surface area contributed by atoms with E-state index in [4.69, 9.17) is 0 Å². The molecule has 0 bridgehead atoms. The average Bonchev–Trinajstić information content (AvgIpc) is 3.07. The summed E-state index contributed by atoms with van der Waals surface area (Å²) in [5.41, 5.74) is 1.60. The number of anilines is 1. The van der Waals surface area contributed by atoms with Gasteiger partial charge in [-0.3, -0.25) is 4.68 Å². The van der Waals surface area contributed by atoms with Gasteiger partial charge in [0, 0.05) is 19.8 Å². The van der Waals surface area contributed by atoms with E-state index in [1.807, 2.05) is 25.2 Å². The maximum absolute atomic E-state index is 11.2. The smallest absolute Gasteiger partial charge is 0.326 e. The number of nitrogens with zero attached hydrogens (tertiary/aromatic N) is 5. The van der Waals surface area contributed by atoms with Crippen LogP contribution in [-0.2, 0) is 11.8 Å². The van der Waals surface area contributed by atoms with Crippen LogP contribution in [0, 0.1) is 0 Å². The molecule has 3 rings (SSSR count). The third-order valence-electron chi connectivity index (χ3n) is 3.57. The first-order valence-electron chi connectivity index (χ1n) is 6.48. The molecule has 0 aliphatic carbocycles. The van der Waals surface area contributed by atoms with Crippen molar-refractivity contribution in [2.75, 3.05) is 11.4 Å². The first kappa shape index (κ1) is 12.6. The van der Waals surface area contributed by atoms with Crippen molar-refractivity contribution in [2.45, 2.75) is 18.9 Å². The molecular weight excluding hydrogens is 258 g/mol. The van der Waals surface area contributed by atoms with E-state index in [0.717, 1.165) is 17.8 Å². The number of carbonyl (C=O) groups is 1. The quantitative estimate of drug-likeness (QED) is 0.895. The molecule has 1 aliphatic rings. The number of aryl methyl sites for hydroxylation is 1. The third-order valence-corrected chi connectivity index (χ3v) is 3.57. The number of carboxylic acid groups (broad SMARTS) is 1. The molecule has 1 atom stereocenters. The maximum atomic E-state index is 11.2. The fraction of sp³-hybridized carbons (Fsp3) is 0.385. The highest BCUT2D eigenvalue weighted by atomic mass is 16.4. The molecular formula is C13H15N5O2. The van der Waals surface area contributed by atoms with E-state index in [0.29, 0.717) is 18.8 Å². The summed E-state index contributed by atoms with van der Waals surface area (Å²) in [6, 6.07) is 5.03. The van der Waals surface area contributed by atoms with Gasteiger partial charge in [-0.05, 0) is 31.0 Å². The van der Waals surface area contributed by atoms with Gasteiger partial charge in [0.05, 0.1) is 5.69 Å². The van der Waals surface area contributed by atoms with Crippen molar-refractivity contribution in [2.24, 2.45) is 7.05 Å². The molecule has 104 valence electrons. The first-order chi connectivity index (χ1) is 9.66. The van der Waals surface area contributed by atoms with Crippen LogP contribution in [0.25, 0.3) is 11.4 Å². The number of hydrogen-bond donors (Lipinski definition) is 1. The van der Waals surface area contributed by atoms with Crippen LogP contribution in [0.5, 0.6) is 0 Å². The van der Waals surface area contributed by atoms with Crippen molar-refractivity contribution in [1.82, 2.24) is 20.0 Å². The number of rotatable bonds is 3. The lowest BCUT2D eigenvalue weighted by molar-refractivity contribution is -0.138. The first-order valence-corrected chi connectivity index (χ1v) is 6.48. The van der Waals surface area contributed by atoms with Crippen LogP contribution in [0.15, 0.2) is 24.4 Å². The summed E-state index contributed by atoms with van der Waals surface area (Å²) >= 11 is 0. The molecule has 7 heteroatoms. The predicted octanol–water partition coefficient (Wildman–Crippen LogP) is 0.930. The van der Waals surface area contributed by atoms with Gasteiger partial charge in [-0.1, -0.05) is 0 Å². The van der Waals surface area contributed by atoms with Crippen LogP contribution in [0.4, 0.5) is 5.82 Å². The highest BCUT2D eigenvalue weighted by Gasteiger charge is 2.31. The zero-order chi connectivity index (χ0) is 14.1. The Kier molecular flexibility index (Phi) is 3.09. The van der Waals surface area contributed by atoms with Crippen molar-refractivity contribution in [3.63, 3.8) is 0 Å². The van der Waals surface area contributed by atoms with Gasteiger partial charge in [-0.25, -0.2) is 4.79 Å². The summed E-state index contributed by atoms with van der Waals surface area (Å²) in [4.78, 5) is 13.0. The molecule has 20 heavy (non-hydrogen) atoms. The van der Waals surface area contributed by atoms with E-state index in [1.54, 1.807) is 15.8 Å². The summed E-state index contributed by atoms with van der Waals surface area (Å²) in [5.74, 6) is -0.194. The molecule has 0 radical (unpaired) electrons. The standard InChI is InChI=1S/C13H15N5O2/c1-17-10(6-7-14-17)9-4-5-12(16-15-9)18-8-2-3-11(18)13(19)20/h4-7,11H,2-3,8H2,1H3,(H,19,20)/t11-/m1/s1. The topological polar surface area (TPSA) is 84.1 Å². The third kappa shape index (κ3) is 2.11. The molecule has 1 fully saturated rings. The number of aromatic nitrogens is 4. The van der Waals surface area contributed by atoms with E-state index in [2.05, 4.69) is 15.3 Å². The molecule has 0 amide bonds. The molecule has 3 heterocycles. The van der Waals surface area contributed by atoms with E-state index < -0.39 is 12.0 Å². The molecule has 1 N–H and O–H groups in total. The Bertz CT molecular complexity index is 622. The maximum Gasteiger partial charge on any atom is 0.326 e. The lowest BCUT2D eigenvalue weighted by Gasteiger charge is -2.21. The van der Waals surface area contributed by atoms with E-state index >= 15 is 0 Å². The normalized spacial score (nSPS) is 18.4. The molecule has 0 aromatic carbocycles. The minimum absolute atomic E-state index is 0.494. The van der Waals surface area contributed by atoms with Crippen LogP contribution in [0.2, 0.25) is 0 Å². The Morgan fingerprint density at radius 2 is 2.20 bits per heavy atom. The lowest BCUT2D eigenvalue weighted by Crippen LogP contribution is -2.36. The summed E-state index contributed by atoms with van der Waals surface area (Å²) in [7, 11) is 1.84. The van der Waals surface area contributed by atoms with Gasteiger partial charge < -0.3 is 10.0 Å². The second-order valence-corrected chi connectivity index (χ2v) is 4.81. The van der Waals surface area contributed by atoms with Gasteiger partial charge in [0.15, 0.2) is 5.82 Å². The van der Waals surface area contributed by atoms with Crippen molar-refractivity contribution in [3.05, 3.63) is 24.4 Å². The number of aliphatic carboxylic acids is 1. The monoisotopic (exact) mass is 273 g/mol. The van der Waals surface area contributed by atoms with E-state index in [-0.39, 0.29) is 0 Å². The van der Waals surface area contributed by atoms with Gasteiger partial charge in [0.25, 0.3) is 0 Å². The van der Waals surface area contributed by atoms with E-state index in [9.17, 15) is 9.90 Å². The van der Waals surface area contributed by atoms with Crippen molar-refractivity contribution in [1.29, 1.82) is 0 Å². The zero-order valence-electron chi connectivity index (χ0n) is 11.1. The zero-order valence-corrected chi connectivity index (χ0v) is 11.1. The Labute approximate surface area is 115 Å². The lowest BCUT2D eigenvalue weighted by atomic mass is 10.2. The Hall–Kier alpha value is -2.44. The highest BCUT2D eigenvalue weighted by Crippen LogP contribution is 2.24. The average molecular weight is 273 g/mol. The summed E-state index contributed by atoms with van der Waals surface area (Å²) < 4.78 is 1.72. The van der Waals surface area contributed by atoms with E-state index in [1.165, 1.54) is 0 Å². The van der Waals surface area contributed by atoms with Crippen LogP contribution in [0.1, 0.15) is 12.8 Å². The molecule has 1 aliphatic heterocycles. The van der Waals surface area contributed by atoms with Gasteiger partial charge in [-0.15, -0.1) is 10.2 Å². The molecule has 7 nitrogen and oxygen atoms in total. The minimum Gasteiger partial charge on any atom is -0.480 e. The van der Waals surface area contributed by atoms with Crippen molar-refractivity contribution in [3.8, 4) is 11.4 Å². The summed E-state index contributed by atoms with van der Waals surface area (Å²) in [6.07, 6.45) is 3.22. The number of carboxylic acids is 1. The fourth-order valence-corrected chi connectivity index (χ4v) is 2.54. The molecule has 2 aromatic heterocycles. The Morgan fingerprint density at radius 1 is 1.35 bits per heavy atom. The van der Waals surface area contributed by atoms with Crippen molar-refractivity contribution < 1.29 is 9.90 Å². The van der Waals surface area contributed by atoms with Crippen LogP contribution in [0.3, 0.4) is 0 Å². The fourth-order valence-electron chi connectivity index (χ4n) is 2.54. The van der Waals surface area contributed by atoms with Gasteiger partial charge in [0.2, 0.25) is 0 Å². The Morgan fingerprint density at radius 3 is 2.80 bits per heavy atom. The van der Waals surface area contributed by atoms with Crippen molar-refractivity contribution >= 4 is 11.8 Å². The van der Waals surface area contributed by atoms with Crippen LogP contribution < -0.4 is 4.90 Å². The molecule has 0 saturated carbocycles. The Balaban J connectivity index is 1.86. The number of hydrogen-bond acceptors (Lipinski definition) is 5. The van der Waals surface area contributed by atoms with Crippen LogP contribution >= 0.6 is 0 Å². The summed E-state index contributed by atoms with van der Waals surface area (Å²) in [5, 5.41) is 21.6. The van der Waals surface area contributed by atoms with Gasteiger partial charge in [-0.2, -0.15) is 5.10 Å². The molecule has 0 spiro atoms. The largest absolute Gasteiger partial charge is 0.480 e. The molecule has 2 aromatic rings. The van der Waals surface area contributed by atoms with Gasteiger partial charge >= 0.3 is 5.97 Å². The highest BCUT2D eigenvalue weighted by molar-refractivity contribution is 5.78. The summed E-state index contributed by atoms with van der Waals surface area (Å²) in [6.45, 7) is 0.705. The second kappa shape index (κ2) is 4.92. The minimum atomic E-state index is -0.806. The SMILES string of the molecule is Cn1nccc1-c1ccc(N2CCC[C@@H]2C(=O)O)nn1. The molecule has 1 saturated heterocycles.